The van der Waals surface area contributed by atoms with Crippen molar-refractivity contribution in [2.75, 3.05) is 6.61 Å². The zero-order valence-corrected chi connectivity index (χ0v) is 9.14. The molecule has 5 nitrogen and oxygen atoms in total. The number of rotatable bonds is 1. The van der Waals surface area contributed by atoms with Gasteiger partial charge in [0.1, 0.15) is 5.75 Å². The molecule has 0 radical (unpaired) electrons. The van der Waals surface area contributed by atoms with Crippen LogP contribution in [0.5, 0.6) is 5.75 Å². The van der Waals surface area contributed by atoms with Crippen LogP contribution in [0.4, 0.5) is 0 Å². The molecule has 2 rings (SSSR count). The Morgan fingerprint density at radius 1 is 1.56 bits per heavy atom. The van der Waals surface area contributed by atoms with Crippen molar-refractivity contribution in [3.63, 3.8) is 0 Å². The molecule has 16 heavy (non-hydrogen) atoms. The molecule has 1 N–H and O–H groups in total. The molecule has 0 fully saturated rings. The molecule has 5 heteroatoms. The van der Waals surface area contributed by atoms with Crippen molar-refractivity contribution in [2.45, 2.75) is 13.8 Å². The number of aromatic nitrogens is 1. The van der Waals surface area contributed by atoms with E-state index in [2.05, 4.69) is 9.72 Å². The Morgan fingerprint density at radius 3 is 2.81 bits per heavy atom. The van der Waals surface area contributed by atoms with Gasteiger partial charge in [0.25, 0.3) is 0 Å². The lowest BCUT2D eigenvalue weighted by atomic mass is 10.3. The Hall–Kier alpha value is -2.04. The van der Waals surface area contributed by atoms with Crippen LogP contribution in [0.25, 0.3) is 11.1 Å². The number of para-hydroxylation sites is 1. The monoisotopic (exact) mass is 223 g/mol. The Morgan fingerprint density at radius 2 is 2.31 bits per heavy atom. The van der Waals surface area contributed by atoms with E-state index in [1.54, 1.807) is 25.1 Å². The number of oxazole rings is 1. The van der Waals surface area contributed by atoms with Crippen LogP contribution >= 0.6 is 0 Å². The van der Waals surface area contributed by atoms with Crippen molar-refractivity contribution in [1.29, 1.82) is 0 Å². The summed E-state index contributed by atoms with van der Waals surface area (Å²) in [6, 6.07) is 5.04. The van der Waals surface area contributed by atoms with Gasteiger partial charge in [0.2, 0.25) is 0 Å². The molecule has 0 unspecified atom stereocenters. The number of aromatic hydroxyl groups is 1. The van der Waals surface area contributed by atoms with Gasteiger partial charge in [0.05, 0.1) is 6.61 Å². The summed E-state index contributed by atoms with van der Waals surface area (Å²) in [5, 5.41) is 9.14. The zero-order chi connectivity index (χ0) is 12.0. The van der Waals surface area contributed by atoms with E-state index < -0.39 is 0 Å². The average Bonchev–Trinajstić information content (AvgIpc) is 2.67. The third kappa shape index (κ3) is 3.27. The molecule has 0 atom stereocenters. The molecule has 0 amide bonds. The molecule has 1 aromatic carbocycles. The fourth-order valence-corrected chi connectivity index (χ4v) is 1.07. The van der Waals surface area contributed by atoms with E-state index in [9.17, 15) is 4.79 Å². The Kier molecular flexibility index (Phi) is 4.32. The van der Waals surface area contributed by atoms with Gasteiger partial charge in [-0.25, -0.2) is 4.98 Å². The highest BCUT2D eigenvalue weighted by molar-refractivity contribution is 5.78. The number of phenols is 1. The topological polar surface area (TPSA) is 72.6 Å². The smallest absolute Gasteiger partial charge is 0.302 e. The molecule has 0 aliphatic rings. The van der Waals surface area contributed by atoms with E-state index in [0.29, 0.717) is 17.7 Å². The highest BCUT2D eigenvalue weighted by Crippen LogP contribution is 2.21. The van der Waals surface area contributed by atoms with Gasteiger partial charge in [-0.15, -0.1) is 0 Å². The van der Waals surface area contributed by atoms with Gasteiger partial charge in [0.15, 0.2) is 17.5 Å². The van der Waals surface area contributed by atoms with Gasteiger partial charge in [-0.1, -0.05) is 6.07 Å². The molecule has 0 saturated heterocycles. The first-order chi connectivity index (χ1) is 7.65. The average molecular weight is 223 g/mol. The number of benzene rings is 1. The van der Waals surface area contributed by atoms with Crippen LogP contribution < -0.4 is 0 Å². The number of carbonyl (C=O) groups excluding carboxylic acids is 1. The molecule has 1 aromatic heterocycles. The standard InChI is InChI=1S/C7H5NO2.C4H8O2/c9-5-2-1-3-6-7(5)8-4-10-6;1-3-6-4(2)5/h1-4,9H;3H2,1-2H3. The summed E-state index contributed by atoms with van der Waals surface area (Å²) in [5.74, 6) is -0.0521. The van der Waals surface area contributed by atoms with Crippen molar-refractivity contribution >= 4 is 17.1 Å². The maximum absolute atomic E-state index is 9.82. The molecule has 2 aromatic rings. The Labute approximate surface area is 92.7 Å². The summed E-state index contributed by atoms with van der Waals surface area (Å²) < 4.78 is 9.33. The third-order valence-electron chi connectivity index (χ3n) is 1.69. The molecular formula is C11H13NO4. The summed E-state index contributed by atoms with van der Waals surface area (Å²) in [6.45, 7) is 3.65. The highest BCUT2D eigenvalue weighted by atomic mass is 16.5. The van der Waals surface area contributed by atoms with Crippen molar-refractivity contribution in [2.24, 2.45) is 0 Å². The van der Waals surface area contributed by atoms with Crippen molar-refractivity contribution < 1.29 is 19.1 Å². The van der Waals surface area contributed by atoms with Crippen LogP contribution in [0, 0.1) is 0 Å². The number of hydrogen-bond donors (Lipinski definition) is 1. The van der Waals surface area contributed by atoms with Crippen molar-refractivity contribution in [3.8, 4) is 5.75 Å². The van der Waals surface area contributed by atoms with Crippen molar-refractivity contribution in [3.05, 3.63) is 24.6 Å². The third-order valence-corrected chi connectivity index (χ3v) is 1.69. The van der Waals surface area contributed by atoms with Crippen LogP contribution in [0.1, 0.15) is 13.8 Å². The van der Waals surface area contributed by atoms with Gasteiger partial charge >= 0.3 is 5.97 Å². The van der Waals surface area contributed by atoms with Gasteiger partial charge in [-0.05, 0) is 19.1 Å². The Balaban J connectivity index is 0.000000187. The summed E-state index contributed by atoms with van der Waals surface area (Å²) >= 11 is 0. The predicted molar refractivity (Wildman–Crippen MR) is 58.0 cm³/mol. The van der Waals surface area contributed by atoms with Crippen LogP contribution in [-0.2, 0) is 9.53 Å². The van der Waals surface area contributed by atoms with E-state index in [-0.39, 0.29) is 11.7 Å². The van der Waals surface area contributed by atoms with E-state index >= 15 is 0 Å². The largest absolute Gasteiger partial charge is 0.506 e. The lowest BCUT2D eigenvalue weighted by Crippen LogP contribution is -1.95. The number of carbonyl (C=O) groups is 1. The van der Waals surface area contributed by atoms with Crippen LogP contribution in [-0.4, -0.2) is 22.7 Å². The molecule has 0 bridgehead atoms. The SMILES string of the molecule is CCOC(C)=O.Oc1cccc2ocnc12. The molecule has 0 spiro atoms. The maximum Gasteiger partial charge on any atom is 0.302 e. The second-order valence-electron chi connectivity index (χ2n) is 2.90. The molecule has 1 heterocycles. The molecule has 0 saturated carbocycles. The lowest BCUT2D eigenvalue weighted by Gasteiger charge is -1.89. The number of fused-ring (bicyclic) bond motifs is 1. The van der Waals surface area contributed by atoms with E-state index in [1.807, 2.05) is 0 Å². The quantitative estimate of drug-likeness (QED) is 0.749. The van der Waals surface area contributed by atoms with Crippen LogP contribution in [0.2, 0.25) is 0 Å². The molecular weight excluding hydrogens is 210 g/mol. The van der Waals surface area contributed by atoms with Crippen LogP contribution in [0.15, 0.2) is 29.0 Å². The van der Waals surface area contributed by atoms with Gasteiger partial charge < -0.3 is 14.3 Å². The number of ether oxygens (including phenoxy) is 1. The van der Waals surface area contributed by atoms with Gasteiger partial charge in [-0.3, -0.25) is 4.79 Å². The summed E-state index contributed by atoms with van der Waals surface area (Å²) in [5.41, 5.74) is 1.13. The summed E-state index contributed by atoms with van der Waals surface area (Å²) in [7, 11) is 0. The number of hydrogen-bond acceptors (Lipinski definition) is 5. The minimum absolute atomic E-state index is 0.159. The Bertz CT molecular complexity index is 464. The van der Waals surface area contributed by atoms with Crippen LogP contribution in [0.3, 0.4) is 0 Å². The maximum atomic E-state index is 9.82. The minimum Gasteiger partial charge on any atom is -0.506 e. The van der Waals surface area contributed by atoms with Gasteiger partial charge in [-0.2, -0.15) is 0 Å². The fourth-order valence-electron chi connectivity index (χ4n) is 1.07. The fraction of sp³-hybridized carbons (Fsp3) is 0.273. The predicted octanol–water partition coefficient (Wildman–Crippen LogP) is 2.10. The van der Waals surface area contributed by atoms with Gasteiger partial charge in [0, 0.05) is 6.92 Å². The molecule has 0 aliphatic carbocycles. The van der Waals surface area contributed by atoms with E-state index in [0.717, 1.165) is 0 Å². The first kappa shape index (κ1) is 12.0. The second kappa shape index (κ2) is 5.75. The lowest BCUT2D eigenvalue weighted by molar-refractivity contribution is -0.140. The number of esters is 1. The minimum atomic E-state index is -0.211. The van der Waals surface area contributed by atoms with E-state index in [1.165, 1.54) is 13.3 Å². The summed E-state index contributed by atoms with van der Waals surface area (Å²) in [6.07, 6.45) is 1.31. The van der Waals surface area contributed by atoms with E-state index in [4.69, 9.17) is 9.52 Å². The normalized spacial score (nSPS) is 9.38. The first-order valence-corrected chi connectivity index (χ1v) is 4.79. The first-order valence-electron chi connectivity index (χ1n) is 4.79. The van der Waals surface area contributed by atoms with Crippen molar-refractivity contribution in [1.82, 2.24) is 4.98 Å². The summed E-state index contributed by atoms with van der Waals surface area (Å²) in [4.78, 5) is 13.6. The number of nitrogens with zero attached hydrogens (tertiary/aromatic N) is 1. The second-order valence-corrected chi connectivity index (χ2v) is 2.90. The molecule has 0 aliphatic heterocycles. The zero-order valence-electron chi connectivity index (χ0n) is 9.14. The molecule has 86 valence electrons. The number of phenolic OH excluding ortho intramolecular Hbond substituents is 1. The highest BCUT2D eigenvalue weighted by Gasteiger charge is 2.00.